The van der Waals surface area contributed by atoms with E-state index in [1.165, 1.54) is 11.8 Å². The van der Waals surface area contributed by atoms with Crippen molar-refractivity contribution in [2.24, 2.45) is 4.99 Å². The summed E-state index contributed by atoms with van der Waals surface area (Å²) < 4.78 is 24.3. The van der Waals surface area contributed by atoms with E-state index in [9.17, 15) is 13.2 Å². The Morgan fingerprint density at radius 3 is 2.64 bits per heavy atom. The Balaban J connectivity index is 1.67. The molecule has 2 atom stereocenters. The highest BCUT2D eigenvalue weighted by atomic mass is 35.5. The van der Waals surface area contributed by atoms with Crippen molar-refractivity contribution in [2.75, 3.05) is 16.4 Å². The molecule has 5 nitrogen and oxygen atoms in total. The first-order chi connectivity index (χ1) is 13.3. The molecule has 0 radical (unpaired) electrons. The van der Waals surface area contributed by atoms with Crippen LogP contribution in [-0.2, 0) is 21.1 Å². The number of fused-ring (bicyclic) bond motifs is 1. The van der Waals surface area contributed by atoms with Crippen LogP contribution in [0.5, 0.6) is 0 Å². The summed E-state index contributed by atoms with van der Waals surface area (Å²) in [6, 6.07) is 14.8. The molecule has 1 amide bonds. The van der Waals surface area contributed by atoms with E-state index in [-0.39, 0.29) is 35.1 Å². The molecule has 2 heterocycles. The van der Waals surface area contributed by atoms with E-state index in [1.807, 2.05) is 54.3 Å². The minimum Gasteiger partial charge on any atom is -0.315 e. The van der Waals surface area contributed by atoms with Gasteiger partial charge < -0.3 is 4.90 Å². The number of thioether (sulfide) groups is 1. The molecule has 2 aromatic carbocycles. The van der Waals surface area contributed by atoms with Crippen molar-refractivity contribution in [2.45, 2.75) is 24.6 Å². The zero-order valence-electron chi connectivity index (χ0n) is 15.2. The first-order valence-corrected chi connectivity index (χ1v) is 12.0. The topological polar surface area (TPSA) is 66.8 Å². The second-order valence-electron chi connectivity index (χ2n) is 7.01. The molecule has 2 aromatic rings. The molecule has 0 N–H and O–H groups in total. The third-order valence-electron chi connectivity index (χ3n) is 4.96. The normalized spacial score (nSPS) is 24.5. The molecule has 28 heavy (non-hydrogen) atoms. The van der Waals surface area contributed by atoms with Crippen LogP contribution in [-0.4, -0.2) is 42.3 Å². The summed E-state index contributed by atoms with van der Waals surface area (Å²) in [5, 5.41) is 0.988. The number of hydrogen-bond donors (Lipinski definition) is 0. The molecule has 146 valence electrons. The predicted octanol–water partition coefficient (Wildman–Crippen LogP) is 3.49. The minimum absolute atomic E-state index is 0.0801. The minimum atomic E-state index is -3.09. The molecular weight excluding hydrogens is 416 g/mol. The molecule has 0 aromatic heterocycles. The predicted molar refractivity (Wildman–Crippen MR) is 115 cm³/mol. The van der Waals surface area contributed by atoms with Gasteiger partial charge in [0, 0.05) is 16.0 Å². The van der Waals surface area contributed by atoms with Gasteiger partial charge in [0.15, 0.2) is 15.0 Å². The third kappa shape index (κ3) is 3.83. The van der Waals surface area contributed by atoms with Crippen LogP contribution in [0.4, 0.5) is 5.69 Å². The number of halogens is 1. The summed E-state index contributed by atoms with van der Waals surface area (Å²) in [6.07, 6.45) is 0.110. The Morgan fingerprint density at radius 2 is 1.89 bits per heavy atom. The lowest BCUT2D eigenvalue weighted by Gasteiger charge is -2.26. The van der Waals surface area contributed by atoms with Gasteiger partial charge in [-0.1, -0.05) is 59.8 Å². The van der Waals surface area contributed by atoms with Gasteiger partial charge in [0.05, 0.1) is 24.0 Å². The average Bonchev–Trinajstić information content (AvgIpc) is 3.08. The molecule has 0 aliphatic carbocycles. The zero-order valence-corrected chi connectivity index (χ0v) is 17.6. The van der Waals surface area contributed by atoms with Gasteiger partial charge in [-0.05, 0) is 30.2 Å². The number of sulfone groups is 1. The smallest absolute Gasteiger partial charge is 0.252 e. The van der Waals surface area contributed by atoms with E-state index >= 15 is 0 Å². The quantitative estimate of drug-likeness (QED) is 0.739. The number of benzene rings is 2. The molecule has 2 aliphatic heterocycles. The van der Waals surface area contributed by atoms with Gasteiger partial charge in [-0.3, -0.25) is 4.79 Å². The summed E-state index contributed by atoms with van der Waals surface area (Å²) in [5.41, 5.74) is 2.63. The van der Waals surface area contributed by atoms with Gasteiger partial charge in [-0.25, -0.2) is 8.42 Å². The van der Waals surface area contributed by atoms with Gasteiger partial charge in [-0.2, -0.15) is 4.99 Å². The Labute approximate surface area is 173 Å². The number of hydrogen-bond acceptors (Lipinski definition) is 4. The second-order valence-corrected chi connectivity index (χ2v) is 10.8. The van der Waals surface area contributed by atoms with Crippen LogP contribution in [0.15, 0.2) is 53.5 Å². The van der Waals surface area contributed by atoms with Crippen LogP contribution in [0.3, 0.4) is 0 Å². The number of rotatable bonds is 3. The van der Waals surface area contributed by atoms with E-state index in [2.05, 4.69) is 4.99 Å². The number of carbonyl (C=O) groups excluding carboxylic acids is 1. The lowest BCUT2D eigenvalue weighted by Crippen LogP contribution is -2.38. The van der Waals surface area contributed by atoms with Gasteiger partial charge in [-0.15, -0.1) is 0 Å². The maximum Gasteiger partial charge on any atom is 0.252 e. The fraction of sp³-hybridized carbons (Fsp3) is 0.300. The first-order valence-electron chi connectivity index (χ1n) is 8.91. The fourth-order valence-corrected chi connectivity index (χ4v) is 7.76. The number of anilines is 1. The number of para-hydroxylation sites is 1. The number of nitrogens with zero attached hydrogens (tertiary/aromatic N) is 2. The summed E-state index contributed by atoms with van der Waals surface area (Å²) >= 11 is 7.54. The summed E-state index contributed by atoms with van der Waals surface area (Å²) in [5.74, 6) is -0.101. The molecule has 8 heteroatoms. The van der Waals surface area contributed by atoms with Crippen LogP contribution in [0.2, 0.25) is 5.02 Å². The number of carbonyl (C=O) groups is 1. The van der Waals surface area contributed by atoms with Crippen molar-refractivity contribution in [1.29, 1.82) is 0 Å². The molecule has 2 fully saturated rings. The van der Waals surface area contributed by atoms with Crippen molar-refractivity contribution in [1.82, 2.24) is 0 Å². The first kappa shape index (κ1) is 19.5. The molecule has 0 bridgehead atoms. The SMILES string of the molecule is Cc1ccccc1N1C(=NC(=O)Cc2ccccc2Cl)S[C@@H]2CS(=O)(=O)C[C@H]21. The van der Waals surface area contributed by atoms with Crippen LogP contribution < -0.4 is 4.90 Å². The number of amides is 1. The highest BCUT2D eigenvalue weighted by Crippen LogP contribution is 2.41. The molecule has 0 unspecified atom stereocenters. The van der Waals surface area contributed by atoms with Gasteiger partial charge in [0.1, 0.15) is 0 Å². The zero-order chi connectivity index (χ0) is 19.9. The molecule has 2 saturated heterocycles. The van der Waals surface area contributed by atoms with Crippen molar-refractivity contribution in [3.63, 3.8) is 0 Å². The fourth-order valence-electron chi connectivity index (χ4n) is 3.63. The lowest BCUT2D eigenvalue weighted by molar-refractivity contribution is -0.117. The highest BCUT2D eigenvalue weighted by molar-refractivity contribution is 8.16. The number of aliphatic imine (C=N–C) groups is 1. The molecule has 0 saturated carbocycles. The van der Waals surface area contributed by atoms with Crippen molar-refractivity contribution >= 4 is 50.0 Å². The average molecular weight is 435 g/mol. The van der Waals surface area contributed by atoms with Crippen LogP contribution in [0.1, 0.15) is 11.1 Å². The maximum atomic E-state index is 12.6. The van der Waals surface area contributed by atoms with Gasteiger partial charge >= 0.3 is 0 Å². The highest BCUT2D eigenvalue weighted by Gasteiger charge is 2.49. The lowest BCUT2D eigenvalue weighted by atomic mass is 10.1. The second kappa shape index (κ2) is 7.54. The van der Waals surface area contributed by atoms with E-state index < -0.39 is 9.84 Å². The van der Waals surface area contributed by atoms with Crippen LogP contribution in [0.25, 0.3) is 0 Å². The monoisotopic (exact) mass is 434 g/mol. The van der Waals surface area contributed by atoms with Crippen molar-refractivity contribution in [3.05, 3.63) is 64.7 Å². The van der Waals surface area contributed by atoms with E-state index in [1.54, 1.807) is 6.07 Å². The largest absolute Gasteiger partial charge is 0.315 e. The molecule has 2 aliphatic rings. The Bertz CT molecular complexity index is 1070. The van der Waals surface area contributed by atoms with Crippen LogP contribution in [0, 0.1) is 6.92 Å². The number of amidine groups is 1. The molecule has 0 spiro atoms. The Morgan fingerprint density at radius 1 is 1.18 bits per heavy atom. The summed E-state index contributed by atoms with van der Waals surface area (Å²) in [7, 11) is -3.09. The summed E-state index contributed by atoms with van der Waals surface area (Å²) in [4.78, 5) is 18.9. The summed E-state index contributed by atoms with van der Waals surface area (Å²) in [6.45, 7) is 1.97. The van der Waals surface area contributed by atoms with Crippen molar-refractivity contribution in [3.8, 4) is 0 Å². The maximum absolute atomic E-state index is 12.6. The third-order valence-corrected chi connectivity index (χ3v) is 8.54. The number of aryl methyl sites for hydroxylation is 1. The molecule has 4 rings (SSSR count). The van der Waals surface area contributed by atoms with E-state index in [4.69, 9.17) is 11.6 Å². The van der Waals surface area contributed by atoms with Gasteiger partial charge in [0.25, 0.3) is 5.91 Å². The molecular formula is C20H19ClN2O3S2. The Hall–Kier alpha value is -1.83. The van der Waals surface area contributed by atoms with E-state index in [0.29, 0.717) is 10.2 Å². The standard InChI is InChI=1S/C20H19ClN2O3S2/c1-13-6-2-5-9-16(13)23-17-11-28(25,26)12-18(17)27-20(23)22-19(24)10-14-7-3-4-8-15(14)21/h2-9,17-18H,10-12H2,1H3/t17-,18-/m1/s1. The van der Waals surface area contributed by atoms with Gasteiger partial charge in [0.2, 0.25) is 0 Å². The van der Waals surface area contributed by atoms with Crippen molar-refractivity contribution < 1.29 is 13.2 Å². The van der Waals surface area contributed by atoms with E-state index in [0.717, 1.165) is 16.8 Å². The Kier molecular flexibility index (Phi) is 5.24. The van der Waals surface area contributed by atoms with Crippen LogP contribution >= 0.6 is 23.4 Å².